The van der Waals surface area contributed by atoms with Gasteiger partial charge in [0.2, 0.25) is 5.91 Å². The predicted molar refractivity (Wildman–Crippen MR) is 124 cm³/mol. The van der Waals surface area contributed by atoms with Crippen molar-refractivity contribution in [2.45, 2.75) is 20.4 Å². The average molecular weight is 500 g/mol. The minimum Gasteiger partial charge on any atom is -0.494 e. The molecule has 2 heterocycles. The lowest BCUT2D eigenvalue weighted by Crippen LogP contribution is -2.43. The van der Waals surface area contributed by atoms with Crippen molar-refractivity contribution in [3.8, 4) is 5.75 Å². The molecule has 33 heavy (non-hydrogen) atoms. The van der Waals surface area contributed by atoms with Gasteiger partial charge in [0, 0.05) is 26.2 Å². The Hall–Kier alpha value is -2.28. The Kier molecular flexibility index (Phi) is 9.01. The van der Waals surface area contributed by atoms with Crippen LogP contribution in [0.25, 0.3) is 10.2 Å². The number of carbonyl (C=O) groups excluding carboxylic acids is 2. The van der Waals surface area contributed by atoms with Crippen molar-refractivity contribution in [1.29, 1.82) is 0 Å². The first-order valence-electron chi connectivity index (χ1n) is 10.8. The van der Waals surface area contributed by atoms with Gasteiger partial charge >= 0.3 is 0 Å². The summed E-state index contributed by atoms with van der Waals surface area (Å²) in [5, 5.41) is 0. The van der Waals surface area contributed by atoms with Crippen molar-refractivity contribution < 1.29 is 32.2 Å². The predicted octanol–water partition coefficient (Wildman–Crippen LogP) is 0.839. The second-order valence-corrected chi connectivity index (χ2v) is 10.4. The Bertz CT molecular complexity index is 1150. The summed E-state index contributed by atoms with van der Waals surface area (Å²) in [6, 6.07) is 5.58. The highest BCUT2D eigenvalue weighted by Gasteiger charge is 2.25. The number of aromatic nitrogens is 1. The number of carbonyl (C=O) groups is 2. The molecular weight excluding hydrogens is 470 g/mol. The zero-order chi connectivity index (χ0) is 23.8. The third-order valence-electron chi connectivity index (χ3n) is 4.90. The number of sulfone groups is 1. The highest BCUT2D eigenvalue weighted by Crippen LogP contribution is 2.23. The van der Waals surface area contributed by atoms with E-state index in [0.717, 1.165) is 10.2 Å². The number of amides is 2. The Morgan fingerprint density at radius 2 is 1.91 bits per heavy atom. The molecule has 0 radical (unpaired) electrons. The fourth-order valence-corrected chi connectivity index (χ4v) is 5.59. The molecule has 0 unspecified atom stereocenters. The maximum Gasteiger partial charge on any atom is 0.263 e. The minimum atomic E-state index is -3.95. The molecule has 1 fully saturated rings. The van der Waals surface area contributed by atoms with Gasteiger partial charge < -0.3 is 23.7 Å². The topological polar surface area (TPSA) is 117 Å². The number of hydrogen-bond acceptors (Lipinski definition) is 8. The zero-order valence-electron chi connectivity index (χ0n) is 18.8. The van der Waals surface area contributed by atoms with Crippen molar-refractivity contribution in [1.82, 2.24) is 9.47 Å². The lowest BCUT2D eigenvalue weighted by Gasteiger charge is -2.26. The van der Waals surface area contributed by atoms with Gasteiger partial charge in [-0.1, -0.05) is 11.3 Å². The Balaban J connectivity index is 1.81. The van der Waals surface area contributed by atoms with Gasteiger partial charge in [0.25, 0.3) is 5.91 Å². The first kappa shape index (κ1) is 25.3. The molecule has 0 atom stereocenters. The first-order valence-corrected chi connectivity index (χ1v) is 13.4. The molecule has 0 N–H and O–H groups in total. The quantitative estimate of drug-likeness (QED) is 0.445. The Morgan fingerprint density at radius 3 is 2.61 bits per heavy atom. The van der Waals surface area contributed by atoms with Gasteiger partial charge in [-0.15, -0.1) is 0 Å². The van der Waals surface area contributed by atoms with E-state index in [1.807, 2.05) is 36.6 Å². The Labute approximate surface area is 196 Å². The number of benzene rings is 1. The van der Waals surface area contributed by atoms with Crippen molar-refractivity contribution in [2.75, 3.05) is 57.6 Å². The number of nitrogens with zero attached hydrogens (tertiary/aromatic N) is 3. The standard InChI is InChI=1S/C21H29N3O7S2/c1-3-29-12-9-24-17-6-5-16(31-4-2)13-18(17)32-21(24)22-19(25)14-33(27,28)15-20(26)23-7-10-30-11-8-23/h5-6,13H,3-4,7-12,14-15H2,1-2H3. The molecule has 1 aromatic carbocycles. The van der Waals surface area contributed by atoms with E-state index in [9.17, 15) is 18.0 Å². The fraction of sp³-hybridized carbons (Fsp3) is 0.571. The molecule has 0 bridgehead atoms. The summed E-state index contributed by atoms with van der Waals surface area (Å²) in [7, 11) is -3.95. The summed E-state index contributed by atoms with van der Waals surface area (Å²) in [6.07, 6.45) is 0. The molecule has 1 saturated heterocycles. The van der Waals surface area contributed by atoms with Crippen molar-refractivity contribution >= 4 is 43.2 Å². The van der Waals surface area contributed by atoms with Crippen molar-refractivity contribution in [3.05, 3.63) is 23.0 Å². The van der Waals surface area contributed by atoms with E-state index < -0.39 is 33.2 Å². The number of ether oxygens (including phenoxy) is 3. The van der Waals surface area contributed by atoms with E-state index in [1.165, 1.54) is 16.2 Å². The van der Waals surface area contributed by atoms with Crippen LogP contribution in [0.15, 0.2) is 23.2 Å². The SMILES string of the molecule is CCOCCn1c(=NC(=O)CS(=O)(=O)CC(=O)N2CCOCC2)sc2cc(OCC)ccc21. The minimum absolute atomic E-state index is 0.345. The summed E-state index contributed by atoms with van der Waals surface area (Å²) < 4.78 is 43.8. The highest BCUT2D eigenvalue weighted by atomic mass is 32.2. The molecule has 0 aliphatic carbocycles. The van der Waals surface area contributed by atoms with Crippen LogP contribution in [0, 0.1) is 0 Å². The third-order valence-corrected chi connectivity index (χ3v) is 7.31. The van der Waals surface area contributed by atoms with Crippen LogP contribution in [0.4, 0.5) is 0 Å². The van der Waals surface area contributed by atoms with E-state index >= 15 is 0 Å². The molecule has 1 aromatic heterocycles. The molecule has 2 aromatic rings. The normalized spacial score (nSPS) is 15.2. The second-order valence-electron chi connectivity index (χ2n) is 7.33. The van der Waals surface area contributed by atoms with E-state index in [4.69, 9.17) is 14.2 Å². The van der Waals surface area contributed by atoms with Gasteiger partial charge in [0.05, 0.1) is 36.6 Å². The molecule has 10 nitrogen and oxygen atoms in total. The third kappa shape index (κ3) is 7.10. The van der Waals surface area contributed by atoms with Crippen LogP contribution in [-0.4, -0.2) is 87.3 Å². The van der Waals surface area contributed by atoms with Crippen LogP contribution in [0.3, 0.4) is 0 Å². The maximum absolute atomic E-state index is 12.6. The lowest BCUT2D eigenvalue weighted by molar-refractivity contribution is -0.132. The molecule has 2 amide bonds. The largest absolute Gasteiger partial charge is 0.494 e. The smallest absolute Gasteiger partial charge is 0.263 e. The summed E-state index contributed by atoms with van der Waals surface area (Å²) in [5.41, 5.74) is 0.847. The van der Waals surface area contributed by atoms with Gasteiger partial charge in [-0.2, -0.15) is 4.99 Å². The monoisotopic (exact) mass is 499 g/mol. The van der Waals surface area contributed by atoms with E-state index in [-0.39, 0.29) is 0 Å². The lowest BCUT2D eigenvalue weighted by atomic mass is 10.3. The van der Waals surface area contributed by atoms with Crippen molar-refractivity contribution in [2.24, 2.45) is 4.99 Å². The number of thiazole rings is 1. The maximum atomic E-state index is 12.6. The molecule has 12 heteroatoms. The van der Waals surface area contributed by atoms with Crippen LogP contribution in [0.2, 0.25) is 0 Å². The van der Waals surface area contributed by atoms with Crippen LogP contribution >= 0.6 is 11.3 Å². The van der Waals surface area contributed by atoms with Crippen LogP contribution < -0.4 is 9.54 Å². The van der Waals surface area contributed by atoms with Gasteiger partial charge in [-0.05, 0) is 32.0 Å². The second kappa shape index (κ2) is 11.7. The van der Waals surface area contributed by atoms with E-state index in [2.05, 4.69) is 4.99 Å². The molecule has 182 valence electrons. The first-order chi connectivity index (χ1) is 15.8. The molecular formula is C21H29N3O7S2. The fourth-order valence-electron chi connectivity index (χ4n) is 3.38. The van der Waals surface area contributed by atoms with Gasteiger partial charge in [0.15, 0.2) is 14.6 Å². The zero-order valence-corrected chi connectivity index (χ0v) is 20.5. The Morgan fingerprint density at radius 1 is 1.15 bits per heavy atom. The number of fused-ring (bicyclic) bond motifs is 1. The van der Waals surface area contributed by atoms with Gasteiger partial charge in [-0.25, -0.2) is 8.42 Å². The summed E-state index contributed by atoms with van der Waals surface area (Å²) >= 11 is 1.27. The van der Waals surface area contributed by atoms with E-state index in [1.54, 1.807) is 0 Å². The molecule has 1 aliphatic heterocycles. The number of hydrogen-bond donors (Lipinski definition) is 0. The van der Waals surface area contributed by atoms with Crippen LogP contribution in [0.1, 0.15) is 13.8 Å². The number of morpholine rings is 1. The average Bonchev–Trinajstić information content (AvgIpc) is 3.10. The highest BCUT2D eigenvalue weighted by molar-refractivity contribution is 7.92. The summed E-state index contributed by atoms with van der Waals surface area (Å²) in [5.74, 6) is -2.18. The van der Waals surface area contributed by atoms with Gasteiger partial charge in [0.1, 0.15) is 17.3 Å². The van der Waals surface area contributed by atoms with Crippen LogP contribution in [0.5, 0.6) is 5.75 Å². The number of rotatable bonds is 10. The molecule has 0 spiro atoms. The molecule has 1 aliphatic rings. The summed E-state index contributed by atoms with van der Waals surface area (Å²) in [4.78, 5) is 30.7. The summed E-state index contributed by atoms with van der Waals surface area (Å²) in [6.45, 7) is 7.18. The van der Waals surface area contributed by atoms with Crippen molar-refractivity contribution in [3.63, 3.8) is 0 Å². The van der Waals surface area contributed by atoms with Crippen LogP contribution in [-0.2, 0) is 35.4 Å². The van der Waals surface area contributed by atoms with Gasteiger partial charge in [-0.3, -0.25) is 9.59 Å². The van der Waals surface area contributed by atoms with E-state index in [0.29, 0.717) is 63.2 Å². The molecule has 3 rings (SSSR count). The molecule has 0 saturated carbocycles.